The van der Waals surface area contributed by atoms with Crippen molar-refractivity contribution in [3.63, 3.8) is 0 Å². The highest BCUT2D eigenvalue weighted by Crippen LogP contribution is 2.16. The Labute approximate surface area is 147 Å². The zero-order valence-corrected chi connectivity index (χ0v) is 14.7. The van der Waals surface area contributed by atoms with Crippen molar-refractivity contribution in [1.29, 1.82) is 0 Å². The lowest BCUT2D eigenvalue weighted by molar-refractivity contribution is -0.132. The summed E-state index contributed by atoms with van der Waals surface area (Å²) in [5.74, 6) is 0.380. The number of nitrogens with zero attached hydrogens (tertiary/aromatic N) is 2. The molecule has 0 spiro atoms. The first kappa shape index (κ1) is 18.8. The molecule has 136 valence electrons. The second-order valence-corrected chi connectivity index (χ2v) is 5.73. The second-order valence-electron chi connectivity index (χ2n) is 5.73. The lowest BCUT2D eigenvalue weighted by Gasteiger charge is -2.34. The molecule has 2 amide bonds. The van der Waals surface area contributed by atoms with Gasteiger partial charge in [-0.15, -0.1) is 0 Å². The van der Waals surface area contributed by atoms with E-state index >= 15 is 0 Å². The minimum Gasteiger partial charge on any atom is -0.434 e. The van der Waals surface area contributed by atoms with Crippen LogP contribution in [0.15, 0.2) is 24.3 Å². The molecule has 2 rings (SSSR count). The summed E-state index contributed by atoms with van der Waals surface area (Å²) in [6.07, 6.45) is 0.614. The predicted octanol–water partition coefficient (Wildman–Crippen LogP) is 2.31. The first-order valence-corrected chi connectivity index (χ1v) is 8.56. The van der Waals surface area contributed by atoms with Crippen LogP contribution < -0.4 is 4.74 Å². The maximum absolute atomic E-state index is 12.5. The van der Waals surface area contributed by atoms with Crippen LogP contribution in [0.4, 0.5) is 4.79 Å². The van der Waals surface area contributed by atoms with Gasteiger partial charge in [-0.25, -0.2) is 4.79 Å². The van der Waals surface area contributed by atoms with Crippen LogP contribution in [0.5, 0.6) is 5.75 Å². The van der Waals surface area contributed by atoms with Gasteiger partial charge in [0.15, 0.2) is 0 Å². The Morgan fingerprint density at radius 3 is 2.12 bits per heavy atom. The van der Waals surface area contributed by atoms with Gasteiger partial charge in [0.1, 0.15) is 5.75 Å². The molecule has 7 nitrogen and oxygen atoms in total. The van der Waals surface area contributed by atoms with Gasteiger partial charge in [-0.1, -0.05) is 6.92 Å². The van der Waals surface area contributed by atoms with Gasteiger partial charge >= 0.3 is 6.16 Å². The Balaban J connectivity index is 1.89. The van der Waals surface area contributed by atoms with Crippen molar-refractivity contribution in [2.24, 2.45) is 0 Å². The van der Waals surface area contributed by atoms with Gasteiger partial charge in [-0.3, -0.25) is 9.59 Å². The van der Waals surface area contributed by atoms with Crippen LogP contribution in [0.25, 0.3) is 0 Å². The first-order valence-electron chi connectivity index (χ1n) is 8.56. The van der Waals surface area contributed by atoms with Crippen LogP contribution in [0.2, 0.25) is 0 Å². The lowest BCUT2D eigenvalue weighted by atomic mass is 10.1. The third kappa shape index (κ3) is 5.20. The van der Waals surface area contributed by atoms with Gasteiger partial charge in [0, 0.05) is 38.2 Å². The van der Waals surface area contributed by atoms with E-state index in [1.165, 1.54) is 0 Å². The number of rotatable bonds is 5. The molecule has 1 saturated heterocycles. The zero-order valence-electron chi connectivity index (χ0n) is 14.7. The molecule has 25 heavy (non-hydrogen) atoms. The summed E-state index contributed by atoms with van der Waals surface area (Å²) in [5.41, 5.74) is 0.518. The topological polar surface area (TPSA) is 76.2 Å². The fourth-order valence-corrected chi connectivity index (χ4v) is 2.62. The van der Waals surface area contributed by atoms with E-state index in [9.17, 15) is 14.4 Å². The number of hydrogen-bond donors (Lipinski definition) is 0. The standard InChI is InChI=1S/C18H24N2O5/c1-3-5-16(21)19-10-12-20(13-11-19)17(22)14-6-8-15(9-7-14)25-18(23)24-4-2/h6-9H,3-5,10-13H2,1-2H3. The molecule has 1 aromatic rings. The van der Waals surface area contributed by atoms with Crippen molar-refractivity contribution >= 4 is 18.0 Å². The fourth-order valence-electron chi connectivity index (χ4n) is 2.62. The monoisotopic (exact) mass is 348 g/mol. The number of piperazine rings is 1. The SMILES string of the molecule is CCCC(=O)N1CCN(C(=O)c2ccc(OC(=O)OCC)cc2)CC1. The molecular weight excluding hydrogens is 324 g/mol. The molecule has 1 aromatic carbocycles. The molecule has 1 heterocycles. The number of carbonyl (C=O) groups is 3. The van der Waals surface area contributed by atoms with Crippen molar-refractivity contribution in [2.75, 3.05) is 32.8 Å². The molecule has 0 bridgehead atoms. The Hall–Kier alpha value is -2.57. The van der Waals surface area contributed by atoms with Crippen LogP contribution in [0, 0.1) is 0 Å². The van der Waals surface area contributed by atoms with Gasteiger partial charge in [-0.2, -0.15) is 0 Å². The molecule has 0 saturated carbocycles. The molecule has 0 N–H and O–H groups in total. The van der Waals surface area contributed by atoms with Crippen molar-refractivity contribution in [1.82, 2.24) is 9.80 Å². The number of carbonyl (C=O) groups excluding carboxylic acids is 3. The second kappa shape index (κ2) is 9.05. The van der Waals surface area contributed by atoms with Gasteiger partial charge in [0.05, 0.1) is 6.61 Å². The molecule has 0 unspecified atom stereocenters. The largest absolute Gasteiger partial charge is 0.513 e. The molecule has 0 aromatic heterocycles. The van der Waals surface area contributed by atoms with E-state index in [4.69, 9.17) is 9.47 Å². The van der Waals surface area contributed by atoms with Crippen LogP contribution in [-0.4, -0.2) is 60.6 Å². The normalized spacial score (nSPS) is 14.2. The number of hydrogen-bond acceptors (Lipinski definition) is 5. The Morgan fingerprint density at radius 2 is 1.56 bits per heavy atom. The minimum atomic E-state index is -0.769. The van der Waals surface area contributed by atoms with Crippen molar-refractivity contribution < 1.29 is 23.9 Å². The summed E-state index contributed by atoms with van der Waals surface area (Å²) < 4.78 is 9.66. The van der Waals surface area contributed by atoms with Gasteiger partial charge in [-0.05, 0) is 37.6 Å². The molecule has 1 aliphatic heterocycles. The molecule has 7 heteroatoms. The summed E-state index contributed by atoms with van der Waals surface area (Å²) in [6.45, 7) is 6.09. The quantitative estimate of drug-likeness (QED) is 0.603. The Bertz CT molecular complexity index is 606. The van der Waals surface area contributed by atoms with Crippen LogP contribution in [0.1, 0.15) is 37.0 Å². The van der Waals surface area contributed by atoms with Gasteiger partial charge < -0.3 is 19.3 Å². The number of amides is 2. The third-order valence-corrected chi connectivity index (χ3v) is 3.95. The molecular formula is C18H24N2O5. The van der Waals surface area contributed by atoms with Crippen molar-refractivity contribution in [3.05, 3.63) is 29.8 Å². The van der Waals surface area contributed by atoms with E-state index in [1.54, 1.807) is 36.1 Å². The van der Waals surface area contributed by atoms with E-state index in [0.29, 0.717) is 43.9 Å². The van der Waals surface area contributed by atoms with Crippen LogP contribution >= 0.6 is 0 Å². The highest BCUT2D eigenvalue weighted by Gasteiger charge is 2.24. The molecule has 0 atom stereocenters. The first-order chi connectivity index (χ1) is 12.0. The minimum absolute atomic E-state index is 0.0923. The van der Waals surface area contributed by atoms with E-state index in [2.05, 4.69) is 0 Å². The maximum Gasteiger partial charge on any atom is 0.513 e. The predicted molar refractivity (Wildman–Crippen MR) is 91.5 cm³/mol. The summed E-state index contributed by atoms with van der Waals surface area (Å²) in [7, 11) is 0. The molecule has 1 aliphatic rings. The lowest BCUT2D eigenvalue weighted by Crippen LogP contribution is -2.50. The summed E-state index contributed by atoms with van der Waals surface area (Å²) in [6, 6.07) is 6.35. The summed E-state index contributed by atoms with van der Waals surface area (Å²) >= 11 is 0. The fraction of sp³-hybridized carbons (Fsp3) is 0.500. The van der Waals surface area contributed by atoms with E-state index < -0.39 is 6.16 Å². The Morgan fingerprint density at radius 1 is 0.960 bits per heavy atom. The Kier molecular flexibility index (Phi) is 6.80. The van der Waals surface area contributed by atoms with Crippen molar-refractivity contribution in [3.8, 4) is 5.75 Å². The number of ether oxygens (including phenoxy) is 2. The molecule has 0 aliphatic carbocycles. The van der Waals surface area contributed by atoms with E-state index in [-0.39, 0.29) is 18.4 Å². The highest BCUT2D eigenvalue weighted by molar-refractivity contribution is 5.94. The van der Waals surface area contributed by atoms with Crippen molar-refractivity contribution in [2.45, 2.75) is 26.7 Å². The van der Waals surface area contributed by atoms with Crippen LogP contribution in [0.3, 0.4) is 0 Å². The smallest absolute Gasteiger partial charge is 0.434 e. The van der Waals surface area contributed by atoms with Crippen LogP contribution in [-0.2, 0) is 9.53 Å². The highest BCUT2D eigenvalue weighted by atomic mass is 16.7. The average Bonchev–Trinajstić information content (AvgIpc) is 2.62. The van der Waals surface area contributed by atoms with Gasteiger partial charge in [0.2, 0.25) is 5.91 Å². The average molecular weight is 348 g/mol. The summed E-state index contributed by atoms with van der Waals surface area (Å²) in [5, 5.41) is 0. The van der Waals surface area contributed by atoms with E-state index in [0.717, 1.165) is 6.42 Å². The van der Waals surface area contributed by atoms with Gasteiger partial charge in [0.25, 0.3) is 5.91 Å². The zero-order chi connectivity index (χ0) is 18.2. The third-order valence-electron chi connectivity index (χ3n) is 3.95. The summed E-state index contributed by atoms with van der Waals surface area (Å²) in [4.78, 5) is 39.2. The maximum atomic E-state index is 12.5. The number of benzene rings is 1. The molecule has 0 radical (unpaired) electrons. The molecule has 1 fully saturated rings. The van der Waals surface area contributed by atoms with E-state index in [1.807, 2.05) is 11.8 Å².